The van der Waals surface area contributed by atoms with Crippen molar-refractivity contribution in [1.29, 1.82) is 0 Å². The Morgan fingerprint density at radius 3 is 2.72 bits per heavy atom. The molecule has 1 nitrogen and oxygen atoms in total. The van der Waals surface area contributed by atoms with Crippen molar-refractivity contribution in [3.05, 3.63) is 71.7 Å². The van der Waals surface area contributed by atoms with Crippen LogP contribution in [0.3, 0.4) is 0 Å². The van der Waals surface area contributed by atoms with Crippen LogP contribution in [0.2, 0.25) is 0 Å². The Kier molecular flexibility index (Phi) is 4.35. The van der Waals surface area contributed by atoms with Gasteiger partial charge in [0, 0.05) is 12.2 Å². The average Bonchev–Trinajstić information content (AvgIpc) is 2.39. The van der Waals surface area contributed by atoms with Crippen molar-refractivity contribution in [2.24, 2.45) is 0 Å². The smallest absolute Gasteiger partial charge is 0.119 e. The summed E-state index contributed by atoms with van der Waals surface area (Å²) in [6.45, 7) is 3.19. The van der Waals surface area contributed by atoms with Crippen molar-refractivity contribution < 1.29 is 4.39 Å². The van der Waals surface area contributed by atoms with Gasteiger partial charge < -0.3 is 4.90 Å². The fourth-order valence-electron chi connectivity index (χ4n) is 1.96. The van der Waals surface area contributed by atoms with E-state index < -0.39 is 0 Å². The molecule has 18 heavy (non-hydrogen) atoms. The molecule has 0 atom stereocenters. The summed E-state index contributed by atoms with van der Waals surface area (Å²) < 4.78 is 13.4. The second-order valence-corrected chi connectivity index (χ2v) is 4.36. The normalized spacial score (nSPS) is 15.8. The zero-order valence-electron chi connectivity index (χ0n) is 10.6. The highest BCUT2D eigenvalue weighted by molar-refractivity contribution is 5.30. The van der Waals surface area contributed by atoms with Gasteiger partial charge in [0.2, 0.25) is 0 Å². The molecule has 94 valence electrons. The second kappa shape index (κ2) is 6.20. The zero-order valence-corrected chi connectivity index (χ0v) is 10.6. The third kappa shape index (κ3) is 3.33. The van der Waals surface area contributed by atoms with Crippen LogP contribution in [0.1, 0.15) is 18.9 Å². The number of rotatable bonds is 4. The number of hydrogen-bond donors (Lipinski definition) is 0. The summed E-state index contributed by atoms with van der Waals surface area (Å²) in [6, 6.07) is 10.1. The van der Waals surface area contributed by atoms with Crippen molar-refractivity contribution in [2.45, 2.75) is 19.9 Å². The molecule has 1 aliphatic rings. The third-order valence-electron chi connectivity index (χ3n) is 2.88. The molecule has 0 N–H and O–H groups in total. The molecule has 1 heterocycles. The maximum Gasteiger partial charge on any atom is 0.119 e. The predicted octanol–water partition coefficient (Wildman–Crippen LogP) is 4.21. The average molecular weight is 243 g/mol. The van der Waals surface area contributed by atoms with Crippen LogP contribution >= 0.6 is 0 Å². The molecule has 0 unspecified atom stereocenters. The first kappa shape index (κ1) is 12.6. The summed E-state index contributed by atoms with van der Waals surface area (Å²) in [7, 11) is 0. The fraction of sp³-hybridized carbons (Fsp3) is 0.250. The maximum absolute atomic E-state index is 13.4. The van der Waals surface area contributed by atoms with Gasteiger partial charge in [-0.25, -0.2) is 4.39 Å². The van der Waals surface area contributed by atoms with Gasteiger partial charge in [0.15, 0.2) is 0 Å². The molecular formula is C16H18FN. The molecule has 0 aliphatic carbocycles. The summed E-state index contributed by atoms with van der Waals surface area (Å²) in [6.07, 6.45) is 8.54. The number of allylic oxidation sites excluding steroid dienone is 4. The van der Waals surface area contributed by atoms with E-state index in [0.717, 1.165) is 18.7 Å². The SMILES string of the molecule is CCC=CC1=CC=C(F)CN1Cc1ccccc1. The van der Waals surface area contributed by atoms with Gasteiger partial charge in [0.1, 0.15) is 5.83 Å². The number of benzene rings is 1. The lowest BCUT2D eigenvalue weighted by Gasteiger charge is -2.27. The first-order valence-electron chi connectivity index (χ1n) is 6.31. The number of hydrogen-bond acceptors (Lipinski definition) is 1. The Balaban J connectivity index is 2.13. The molecule has 1 aliphatic heterocycles. The van der Waals surface area contributed by atoms with Gasteiger partial charge >= 0.3 is 0 Å². The van der Waals surface area contributed by atoms with Crippen molar-refractivity contribution in [3.8, 4) is 0 Å². The summed E-state index contributed by atoms with van der Waals surface area (Å²) in [5.74, 6) is -0.0837. The van der Waals surface area contributed by atoms with Gasteiger partial charge in [-0.3, -0.25) is 0 Å². The van der Waals surface area contributed by atoms with Gasteiger partial charge in [-0.1, -0.05) is 43.3 Å². The van der Waals surface area contributed by atoms with E-state index in [4.69, 9.17) is 0 Å². The van der Waals surface area contributed by atoms with Crippen LogP contribution < -0.4 is 0 Å². The lowest BCUT2D eigenvalue weighted by atomic mass is 10.1. The summed E-state index contributed by atoms with van der Waals surface area (Å²) in [5, 5.41) is 0. The minimum atomic E-state index is -0.0837. The molecule has 0 amide bonds. The number of nitrogens with zero attached hydrogens (tertiary/aromatic N) is 1. The van der Waals surface area contributed by atoms with E-state index in [1.54, 1.807) is 6.08 Å². The van der Waals surface area contributed by atoms with Gasteiger partial charge in [0.25, 0.3) is 0 Å². The molecule has 0 saturated carbocycles. The Labute approximate surface area is 108 Å². The van der Waals surface area contributed by atoms with Gasteiger partial charge in [-0.2, -0.15) is 0 Å². The first-order valence-corrected chi connectivity index (χ1v) is 6.31. The molecule has 1 aromatic rings. The van der Waals surface area contributed by atoms with Crippen LogP contribution in [0.4, 0.5) is 4.39 Å². The van der Waals surface area contributed by atoms with Crippen LogP contribution in [0.25, 0.3) is 0 Å². The highest BCUT2D eigenvalue weighted by Gasteiger charge is 2.13. The van der Waals surface area contributed by atoms with E-state index in [0.29, 0.717) is 6.54 Å². The minimum absolute atomic E-state index is 0.0837. The zero-order chi connectivity index (χ0) is 12.8. The van der Waals surface area contributed by atoms with Gasteiger partial charge in [0.05, 0.1) is 6.54 Å². The first-order chi connectivity index (χ1) is 8.79. The van der Waals surface area contributed by atoms with E-state index in [1.807, 2.05) is 24.3 Å². The van der Waals surface area contributed by atoms with Crippen LogP contribution in [0, 0.1) is 0 Å². The van der Waals surface area contributed by atoms with Crippen LogP contribution in [-0.2, 0) is 6.54 Å². The van der Waals surface area contributed by atoms with Gasteiger partial charge in [-0.05, 0) is 30.2 Å². The van der Waals surface area contributed by atoms with E-state index in [-0.39, 0.29) is 5.83 Å². The van der Waals surface area contributed by atoms with E-state index in [9.17, 15) is 4.39 Å². The second-order valence-electron chi connectivity index (χ2n) is 4.36. The molecule has 0 radical (unpaired) electrons. The molecule has 2 heteroatoms. The highest BCUT2D eigenvalue weighted by Crippen LogP contribution is 2.19. The molecule has 1 aromatic carbocycles. The monoisotopic (exact) mass is 243 g/mol. The Morgan fingerprint density at radius 1 is 1.22 bits per heavy atom. The predicted molar refractivity (Wildman–Crippen MR) is 73.6 cm³/mol. The fourth-order valence-corrected chi connectivity index (χ4v) is 1.96. The largest absolute Gasteiger partial charge is 0.361 e. The van der Waals surface area contributed by atoms with Crippen molar-refractivity contribution in [2.75, 3.05) is 6.54 Å². The van der Waals surface area contributed by atoms with E-state index in [2.05, 4.69) is 36.1 Å². The summed E-state index contributed by atoms with van der Waals surface area (Å²) >= 11 is 0. The maximum atomic E-state index is 13.4. The third-order valence-corrected chi connectivity index (χ3v) is 2.88. The molecule has 2 rings (SSSR count). The lowest BCUT2D eigenvalue weighted by molar-refractivity contribution is 0.340. The lowest BCUT2D eigenvalue weighted by Crippen LogP contribution is -2.25. The van der Waals surface area contributed by atoms with Crippen molar-refractivity contribution in [1.82, 2.24) is 4.90 Å². The molecule has 0 aromatic heterocycles. The standard InChI is InChI=1S/C16H18FN/c1-2-3-9-16-11-10-15(17)13-18(16)12-14-7-5-4-6-8-14/h3-11H,2,12-13H2,1H3. The molecule has 0 saturated heterocycles. The highest BCUT2D eigenvalue weighted by atomic mass is 19.1. The topological polar surface area (TPSA) is 3.24 Å². The Hall–Kier alpha value is -1.83. The molecule has 0 bridgehead atoms. The van der Waals surface area contributed by atoms with E-state index >= 15 is 0 Å². The van der Waals surface area contributed by atoms with Crippen LogP contribution in [0.15, 0.2) is 66.2 Å². The van der Waals surface area contributed by atoms with Crippen molar-refractivity contribution in [3.63, 3.8) is 0 Å². The van der Waals surface area contributed by atoms with E-state index in [1.165, 1.54) is 5.56 Å². The van der Waals surface area contributed by atoms with Crippen molar-refractivity contribution >= 4 is 0 Å². The van der Waals surface area contributed by atoms with Crippen LogP contribution in [-0.4, -0.2) is 11.4 Å². The summed E-state index contributed by atoms with van der Waals surface area (Å²) in [5.41, 5.74) is 2.27. The molecule has 0 spiro atoms. The quantitative estimate of drug-likeness (QED) is 0.765. The molecular weight excluding hydrogens is 225 g/mol. The Bertz CT molecular complexity index is 471. The minimum Gasteiger partial charge on any atom is -0.361 e. The summed E-state index contributed by atoms with van der Waals surface area (Å²) in [4.78, 5) is 2.05. The number of halogens is 1. The van der Waals surface area contributed by atoms with Crippen LogP contribution in [0.5, 0.6) is 0 Å². The van der Waals surface area contributed by atoms with Gasteiger partial charge in [-0.15, -0.1) is 0 Å². The Morgan fingerprint density at radius 2 is 2.00 bits per heavy atom. The molecule has 0 fully saturated rings.